The van der Waals surface area contributed by atoms with Crippen molar-refractivity contribution in [2.45, 2.75) is 23.8 Å². The number of hydrogen-bond acceptors (Lipinski definition) is 6. The lowest BCUT2D eigenvalue weighted by molar-refractivity contribution is 0.105. The van der Waals surface area contributed by atoms with Gasteiger partial charge in [0.2, 0.25) is 0 Å². The molecular formula is C28H33N3O4S. The van der Waals surface area contributed by atoms with E-state index in [1.807, 2.05) is 58.9 Å². The third kappa shape index (κ3) is 5.63. The summed E-state index contributed by atoms with van der Waals surface area (Å²) >= 11 is -1.15. The third-order valence-corrected chi connectivity index (χ3v) is 8.31. The van der Waals surface area contributed by atoms with Crippen LogP contribution in [-0.2, 0) is 11.4 Å². The molecule has 1 saturated heterocycles. The Kier molecular flexibility index (Phi) is 7.99. The van der Waals surface area contributed by atoms with Gasteiger partial charge in [0.15, 0.2) is 4.90 Å². The summed E-state index contributed by atoms with van der Waals surface area (Å²) in [7, 11) is 1.63. The number of nitrogens with one attached hydrogen (secondary N) is 2. The van der Waals surface area contributed by atoms with Crippen LogP contribution in [0.4, 0.5) is 0 Å². The maximum atomic E-state index is 12.9. The standard InChI is InChI=1S/C28H33N3O4S/c1-34-22-9-11-23(12-10-22)36(33)31-15-13-20(14-16-31)17-29-18-21(32)19-35-27-8-4-7-26-28(27)24-5-2-3-6-25(24)30-26/h2-12,20-21,29-30,32H,13-19H2,1H3/t21-,36?/m0/s1. The van der Waals surface area contributed by atoms with Crippen LogP contribution < -0.4 is 14.8 Å². The molecule has 1 aromatic heterocycles. The lowest BCUT2D eigenvalue weighted by Gasteiger charge is -2.31. The van der Waals surface area contributed by atoms with Crippen molar-refractivity contribution >= 4 is 33.2 Å². The molecule has 1 unspecified atom stereocenters. The lowest BCUT2D eigenvalue weighted by Crippen LogP contribution is -2.42. The highest BCUT2D eigenvalue weighted by molar-refractivity contribution is 7.89. The van der Waals surface area contributed by atoms with Gasteiger partial charge < -0.3 is 29.4 Å². The summed E-state index contributed by atoms with van der Waals surface area (Å²) in [5.41, 5.74) is 2.10. The summed E-state index contributed by atoms with van der Waals surface area (Å²) in [5.74, 6) is 2.05. The minimum absolute atomic E-state index is 0.227. The monoisotopic (exact) mass is 507 g/mol. The lowest BCUT2D eigenvalue weighted by atomic mass is 9.98. The second-order valence-electron chi connectivity index (χ2n) is 9.27. The van der Waals surface area contributed by atoms with Crippen LogP contribution in [0.5, 0.6) is 11.5 Å². The average Bonchev–Trinajstić information content (AvgIpc) is 3.31. The molecule has 1 aliphatic rings. The number of ether oxygens (including phenoxy) is 2. The highest BCUT2D eigenvalue weighted by atomic mass is 32.2. The Labute approximate surface area is 214 Å². The predicted octanol–water partition coefficient (Wildman–Crippen LogP) is 4.09. The van der Waals surface area contributed by atoms with E-state index < -0.39 is 17.5 Å². The van der Waals surface area contributed by atoms with Gasteiger partial charge in [-0.3, -0.25) is 0 Å². The maximum absolute atomic E-state index is 12.9. The van der Waals surface area contributed by atoms with E-state index in [9.17, 15) is 9.66 Å². The van der Waals surface area contributed by atoms with E-state index in [4.69, 9.17) is 9.47 Å². The van der Waals surface area contributed by atoms with Crippen molar-refractivity contribution in [2.24, 2.45) is 5.92 Å². The van der Waals surface area contributed by atoms with Gasteiger partial charge in [0, 0.05) is 35.9 Å². The van der Waals surface area contributed by atoms with E-state index in [2.05, 4.69) is 22.4 Å². The zero-order chi connectivity index (χ0) is 24.9. The molecule has 190 valence electrons. The molecular weight excluding hydrogens is 474 g/mol. The molecule has 4 aromatic rings. The second-order valence-corrected chi connectivity index (χ2v) is 10.8. The van der Waals surface area contributed by atoms with E-state index in [1.165, 1.54) is 0 Å². The normalized spacial score (nSPS) is 16.9. The molecule has 7 nitrogen and oxygen atoms in total. The number of nitrogens with zero attached hydrogens (tertiary/aromatic N) is 1. The van der Waals surface area contributed by atoms with Gasteiger partial charge in [-0.05, 0) is 67.8 Å². The molecule has 3 N–H and O–H groups in total. The number of aromatic amines is 1. The largest absolute Gasteiger partial charge is 0.593 e. The number of H-pyrrole nitrogens is 1. The average molecular weight is 508 g/mol. The number of aliphatic hydroxyl groups is 1. The van der Waals surface area contributed by atoms with Crippen LogP contribution in [0.1, 0.15) is 12.8 Å². The Hall–Kier alpha value is -2.75. The van der Waals surface area contributed by atoms with E-state index in [0.29, 0.717) is 12.5 Å². The van der Waals surface area contributed by atoms with Crippen molar-refractivity contribution in [3.8, 4) is 11.5 Å². The zero-order valence-electron chi connectivity index (χ0n) is 20.5. The number of aliphatic hydroxyl groups excluding tert-OH is 1. The van der Waals surface area contributed by atoms with Gasteiger partial charge in [0.1, 0.15) is 24.2 Å². The van der Waals surface area contributed by atoms with Crippen molar-refractivity contribution in [3.63, 3.8) is 0 Å². The topological polar surface area (TPSA) is 92.8 Å². The fourth-order valence-electron chi connectivity index (χ4n) is 4.81. The fourth-order valence-corrected chi connectivity index (χ4v) is 6.02. The molecule has 2 heterocycles. The maximum Gasteiger partial charge on any atom is 0.174 e. The van der Waals surface area contributed by atoms with Crippen LogP contribution in [0.15, 0.2) is 71.6 Å². The van der Waals surface area contributed by atoms with E-state index in [-0.39, 0.29) is 6.61 Å². The Bertz CT molecular complexity index is 1270. The molecule has 0 amide bonds. The molecule has 36 heavy (non-hydrogen) atoms. The number of piperidine rings is 1. The van der Waals surface area contributed by atoms with Crippen LogP contribution >= 0.6 is 0 Å². The summed E-state index contributed by atoms with van der Waals surface area (Å²) in [4.78, 5) is 4.22. The number of fused-ring (bicyclic) bond motifs is 3. The van der Waals surface area contributed by atoms with Gasteiger partial charge in [-0.25, -0.2) is 0 Å². The van der Waals surface area contributed by atoms with Crippen LogP contribution in [0.2, 0.25) is 0 Å². The number of hydrogen-bond donors (Lipinski definition) is 3. The van der Waals surface area contributed by atoms with Gasteiger partial charge in [-0.2, -0.15) is 0 Å². The van der Waals surface area contributed by atoms with Crippen molar-refractivity contribution < 1.29 is 19.1 Å². The third-order valence-electron chi connectivity index (χ3n) is 6.81. The highest BCUT2D eigenvalue weighted by Crippen LogP contribution is 2.33. The Morgan fingerprint density at radius 2 is 1.81 bits per heavy atom. The van der Waals surface area contributed by atoms with Gasteiger partial charge >= 0.3 is 0 Å². The number of methoxy groups -OCH3 is 1. The van der Waals surface area contributed by atoms with Crippen LogP contribution in [0.3, 0.4) is 0 Å². The van der Waals surface area contributed by atoms with Crippen LogP contribution in [-0.4, -0.2) is 64.9 Å². The van der Waals surface area contributed by atoms with Gasteiger partial charge in [-0.15, -0.1) is 4.31 Å². The molecule has 3 aromatic carbocycles. The summed E-state index contributed by atoms with van der Waals surface area (Å²) in [6, 6.07) is 21.5. The number of rotatable bonds is 10. The predicted molar refractivity (Wildman–Crippen MR) is 144 cm³/mol. The number of para-hydroxylation sites is 1. The molecule has 0 saturated carbocycles. The first-order chi connectivity index (χ1) is 17.6. The molecule has 5 rings (SSSR count). The first-order valence-electron chi connectivity index (χ1n) is 12.4. The molecule has 2 atom stereocenters. The molecule has 0 bridgehead atoms. The van der Waals surface area contributed by atoms with Crippen molar-refractivity contribution in [1.82, 2.24) is 14.6 Å². The van der Waals surface area contributed by atoms with E-state index >= 15 is 0 Å². The molecule has 1 aliphatic heterocycles. The molecule has 0 aliphatic carbocycles. The molecule has 0 spiro atoms. The van der Waals surface area contributed by atoms with Crippen LogP contribution in [0, 0.1) is 5.92 Å². The second kappa shape index (κ2) is 11.5. The van der Waals surface area contributed by atoms with Crippen molar-refractivity contribution in [2.75, 3.05) is 39.9 Å². The quantitative estimate of drug-likeness (QED) is 0.280. The number of benzene rings is 3. The van der Waals surface area contributed by atoms with Gasteiger partial charge in [0.25, 0.3) is 0 Å². The van der Waals surface area contributed by atoms with Crippen molar-refractivity contribution in [3.05, 3.63) is 66.7 Å². The summed E-state index contributed by atoms with van der Waals surface area (Å²) in [6.45, 7) is 3.13. The van der Waals surface area contributed by atoms with Crippen LogP contribution in [0.25, 0.3) is 21.8 Å². The minimum atomic E-state index is -1.15. The Morgan fingerprint density at radius 3 is 2.58 bits per heavy atom. The summed E-state index contributed by atoms with van der Waals surface area (Å²) in [6.07, 6.45) is 1.35. The minimum Gasteiger partial charge on any atom is -0.593 e. The zero-order valence-corrected chi connectivity index (χ0v) is 21.3. The van der Waals surface area contributed by atoms with Crippen molar-refractivity contribution in [1.29, 1.82) is 0 Å². The molecule has 0 radical (unpaired) electrons. The van der Waals surface area contributed by atoms with Gasteiger partial charge in [0.05, 0.1) is 24.0 Å². The SMILES string of the molecule is COc1ccc([S+]([O-])N2CCC(CNC[C@H](O)COc3cccc4[nH]c5ccccc5c34)CC2)cc1. The first kappa shape index (κ1) is 24.9. The van der Waals surface area contributed by atoms with Gasteiger partial charge in [-0.1, -0.05) is 24.3 Å². The summed E-state index contributed by atoms with van der Waals surface area (Å²) < 4.78 is 26.1. The Morgan fingerprint density at radius 1 is 1.06 bits per heavy atom. The Balaban J connectivity index is 1.05. The molecule has 8 heteroatoms. The first-order valence-corrected chi connectivity index (χ1v) is 13.5. The van der Waals surface area contributed by atoms with E-state index in [0.717, 1.165) is 70.7 Å². The fraction of sp³-hybridized carbons (Fsp3) is 0.357. The number of aromatic nitrogens is 1. The smallest absolute Gasteiger partial charge is 0.174 e. The summed E-state index contributed by atoms with van der Waals surface area (Å²) in [5, 5.41) is 16.1. The van der Waals surface area contributed by atoms with E-state index in [1.54, 1.807) is 7.11 Å². The molecule has 1 fully saturated rings. The highest BCUT2D eigenvalue weighted by Gasteiger charge is 2.28.